The molecule has 0 saturated heterocycles. The first kappa shape index (κ1) is 42.0. The molecule has 5 N–H and O–H groups in total. The second kappa shape index (κ2) is 31.0. The predicted molar refractivity (Wildman–Crippen MR) is 180 cm³/mol. The zero-order chi connectivity index (χ0) is 31.9. The van der Waals surface area contributed by atoms with Gasteiger partial charge in [-0.05, 0) is 32.1 Å². The topological polar surface area (TPSA) is 131 Å². The monoisotopic (exact) mass is 630 g/mol. The number of aliphatic hydroxyl groups is 1. The Kier molecular flexibility index (Phi) is 30.2. The van der Waals surface area contributed by atoms with Crippen LogP contribution in [-0.4, -0.2) is 47.8 Å². The van der Waals surface area contributed by atoms with Crippen molar-refractivity contribution in [1.29, 1.82) is 0 Å². The average Bonchev–Trinajstić information content (AvgIpc) is 2.99. The smallest absolute Gasteiger partial charge is 0.387 e. The molecule has 0 aromatic carbocycles. The lowest BCUT2D eigenvalue weighted by atomic mass is 10.0. The van der Waals surface area contributed by atoms with E-state index in [4.69, 9.17) is 14.8 Å². The molecule has 0 rings (SSSR count). The fourth-order valence-electron chi connectivity index (χ4n) is 4.85. The van der Waals surface area contributed by atoms with E-state index in [-0.39, 0.29) is 25.7 Å². The van der Waals surface area contributed by atoms with Gasteiger partial charge in [0, 0.05) is 13.0 Å². The third kappa shape index (κ3) is 29.5. The van der Waals surface area contributed by atoms with Gasteiger partial charge in [-0.2, -0.15) is 0 Å². The molecular formula is C34H67N2O6P. The van der Waals surface area contributed by atoms with Gasteiger partial charge in [-0.15, -0.1) is 0 Å². The number of amides is 1. The van der Waals surface area contributed by atoms with E-state index >= 15 is 0 Å². The molecule has 0 spiro atoms. The van der Waals surface area contributed by atoms with Gasteiger partial charge in [-0.3, -0.25) is 13.8 Å². The molecule has 254 valence electrons. The minimum absolute atomic E-state index is 0.0751. The third-order valence-corrected chi connectivity index (χ3v) is 8.51. The van der Waals surface area contributed by atoms with E-state index < -0.39 is 20.0 Å². The molecule has 0 aliphatic rings. The van der Waals surface area contributed by atoms with Crippen LogP contribution in [0.1, 0.15) is 155 Å². The number of allylic oxidation sites excluding steroid dienone is 3. The number of carbonyl (C=O) groups excluding carboxylic acids is 1. The maximum absolute atomic E-state index is 12.6. The Morgan fingerprint density at radius 2 is 1.23 bits per heavy atom. The number of aliphatic hydroxyl groups excluding tert-OH is 1. The van der Waals surface area contributed by atoms with E-state index in [0.29, 0.717) is 6.42 Å². The first-order chi connectivity index (χ1) is 20.9. The third-order valence-electron chi connectivity index (χ3n) is 7.53. The minimum atomic E-state index is -4.33. The lowest BCUT2D eigenvalue weighted by Crippen LogP contribution is -2.45. The molecule has 1 amide bonds. The van der Waals surface area contributed by atoms with Gasteiger partial charge in [0.25, 0.3) is 0 Å². The molecule has 43 heavy (non-hydrogen) atoms. The Morgan fingerprint density at radius 3 is 1.79 bits per heavy atom. The van der Waals surface area contributed by atoms with Gasteiger partial charge >= 0.3 is 7.82 Å². The fourth-order valence-corrected chi connectivity index (χ4v) is 5.61. The molecule has 3 unspecified atom stereocenters. The Hall–Kier alpha value is -1.02. The Labute approximate surface area is 264 Å². The highest BCUT2D eigenvalue weighted by molar-refractivity contribution is 7.47. The van der Waals surface area contributed by atoms with Crippen LogP contribution in [0.25, 0.3) is 0 Å². The van der Waals surface area contributed by atoms with Crippen molar-refractivity contribution in [3.63, 3.8) is 0 Å². The molecule has 0 saturated carbocycles. The summed E-state index contributed by atoms with van der Waals surface area (Å²) in [5.74, 6) is -0.207. The van der Waals surface area contributed by atoms with Crippen molar-refractivity contribution >= 4 is 13.7 Å². The van der Waals surface area contributed by atoms with Crippen LogP contribution in [0.2, 0.25) is 0 Å². The van der Waals surface area contributed by atoms with Crippen molar-refractivity contribution in [1.82, 2.24) is 5.32 Å². The SMILES string of the molecule is CCCCC/C=C/CC/C=C/C(O)C(COP(=O)(O)OCCN)NC(=O)CCCCCCCCCCCCCCCCC. The maximum Gasteiger partial charge on any atom is 0.472 e. The molecule has 0 aliphatic heterocycles. The van der Waals surface area contributed by atoms with Crippen LogP contribution in [0.3, 0.4) is 0 Å². The molecule has 0 bridgehead atoms. The van der Waals surface area contributed by atoms with Crippen LogP contribution in [0.4, 0.5) is 0 Å². The molecular weight excluding hydrogens is 563 g/mol. The summed E-state index contributed by atoms with van der Waals surface area (Å²) >= 11 is 0. The van der Waals surface area contributed by atoms with Gasteiger partial charge in [-0.25, -0.2) is 4.57 Å². The van der Waals surface area contributed by atoms with E-state index in [1.54, 1.807) is 6.08 Å². The van der Waals surface area contributed by atoms with Gasteiger partial charge < -0.3 is 21.1 Å². The Morgan fingerprint density at radius 1 is 0.744 bits per heavy atom. The van der Waals surface area contributed by atoms with E-state index in [1.807, 2.05) is 6.08 Å². The van der Waals surface area contributed by atoms with Crippen molar-refractivity contribution in [2.24, 2.45) is 5.73 Å². The number of carbonyl (C=O) groups is 1. The van der Waals surface area contributed by atoms with Crippen LogP contribution >= 0.6 is 7.82 Å². The summed E-state index contributed by atoms with van der Waals surface area (Å²) in [5, 5.41) is 13.5. The molecule has 0 aromatic heterocycles. The van der Waals surface area contributed by atoms with Gasteiger partial charge in [0.2, 0.25) is 5.91 Å². The summed E-state index contributed by atoms with van der Waals surface area (Å²) in [7, 11) is -4.33. The number of hydrogen-bond acceptors (Lipinski definition) is 6. The molecule has 9 heteroatoms. The van der Waals surface area contributed by atoms with Crippen molar-refractivity contribution in [2.75, 3.05) is 19.8 Å². The van der Waals surface area contributed by atoms with E-state index in [1.165, 1.54) is 96.3 Å². The van der Waals surface area contributed by atoms with Crippen LogP contribution in [0, 0.1) is 0 Å². The average molecular weight is 631 g/mol. The fraction of sp³-hybridized carbons (Fsp3) is 0.853. The number of phosphoric acid groups is 1. The highest BCUT2D eigenvalue weighted by Gasteiger charge is 2.26. The number of rotatable bonds is 32. The summed E-state index contributed by atoms with van der Waals surface area (Å²) in [4.78, 5) is 22.5. The van der Waals surface area contributed by atoms with Gasteiger partial charge in [0.1, 0.15) is 0 Å². The van der Waals surface area contributed by atoms with Crippen molar-refractivity contribution in [3.05, 3.63) is 24.3 Å². The second-order valence-corrected chi connectivity index (χ2v) is 13.2. The predicted octanol–water partition coefficient (Wildman–Crippen LogP) is 8.66. The van der Waals surface area contributed by atoms with E-state index in [9.17, 15) is 19.4 Å². The standard InChI is InChI=1S/C34H67N2O6P/c1-3-5-7-9-11-13-14-15-16-17-18-20-22-24-26-28-34(38)36-32(31-42-43(39,40)41-30-29-35)33(37)27-25-23-21-19-12-10-8-6-4-2/h12,19,25,27,32-33,37H,3-11,13-18,20-24,26,28-31,35H2,1-2H3,(H,36,38)(H,39,40)/b19-12+,27-25+. The van der Waals surface area contributed by atoms with Gasteiger partial charge in [0.05, 0.1) is 25.4 Å². The lowest BCUT2D eigenvalue weighted by molar-refractivity contribution is -0.123. The zero-order valence-electron chi connectivity index (χ0n) is 27.7. The quantitative estimate of drug-likeness (QED) is 0.0332. The molecule has 0 fully saturated rings. The van der Waals surface area contributed by atoms with Gasteiger partial charge in [-0.1, -0.05) is 141 Å². The van der Waals surface area contributed by atoms with Crippen LogP contribution in [-0.2, 0) is 18.4 Å². The summed E-state index contributed by atoms with van der Waals surface area (Å²) < 4.78 is 21.9. The summed E-state index contributed by atoms with van der Waals surface area (Å²) in [6, 6.07) is -0.869. The summed E-state index contributed by atoms with van der Waals surface area (Å²) in [6.07, 6.45) is 32.3. The van der Waals surface area contributed by atoms with Crippen LogP contribution < -0.4 is 11.1 Å². The highest BCUT2D eigenvalue weighted by Crippen LogP contribution is 2.43. The first-order valence-electron chi connectivity index (χ1n) is 17.5. The first-order valence-corrected chi connectivity index (χ1v) is 19.0. The molecule has 8 nitrogen and oxygen atoms in total. The van der Waals surface area contributed by atoms with Crippen LogP contribution in [0.5, 0.6) is 0 Å². The zero-order valence-corrected chi connectivity index (χ0v) is 28.6. The molecule has 0 heterocycles. The van der Waals surface area contributed by atoms with Crippen molar-refractivity contribution in [3.8, 4) is 0 Å². The highest BCUT2D eigenvalue weighted by atomic mass is 31.2. The normalized spacial score (nSPS) is 14.8. The largest absolute Gasteiger partial charge is 0.472 e. The Balaban J connectivity index is 4.31. The summed E-state index contributed by atoms with van der Waals surface area (Å²) in [6.45, 7) is 4.04. The number of phosphoric ester groups is 1. The van der Waals surface area contributed by atoms with Gasteiger partial charge in [0.15, 0.2) is 0 Å². The van der Waals surface area contributed by atoms with Crippen molar-refractivity contribution < 1.29 is 28.4 Å². The Bertz CT molecular complexity index is 734. The van der Waals surface area contributed by atoms with Crippen LogP contribution in [0.15, 0.2) is 24.3 Å². The molecule has 3 atom stereocenters. The molecule has 0 radical (unpaired) electrons. The molecule has 0 aliphatic carbocycles. The lowest BCUT2D eigenvalue weighted by Gasteiger charge is -2.23. The maximum atomic E-state index is 12.6. The number of nitrogens with two attached hydrogens (primary N) is 1. The summed E-state index contributed by atoms with van der Waals surface area (Å²) in [5.41, 5.74) is 5.33. The number of unbranched alkanes of at least 4 members (excludes halogenated alkanes) is 18. The second-order valence-electron chi connectivity index (χ2n) is 11.7. The number of hydrogen-bond donors (Lipinski definition) is 4. The number of nitrogens with one attached hydrogen (secondary N) is 1. The van der Waals surface area contributed by atoms with Crippen molar-refractivity contribution in [2.45, 2.75) is 167 Å². The molecule has 0 aromatic rings. The minimum Gasteiger partial charge on any atom is -0.387 e. The van der Waals surface area contributed by atoms with E-state index in [0.717, 1.165) is 38.5 Å². The van der Waals surface area contributed by atoms with E-state index in [2.05, 4.69) is 31.3 Å².